The molecule has 10 heteroatoms. The Morgan fingerprint density at radius 2 is 1.68 bits per heavy atom. The minimum Gasteiger partial charge on any atom is -0.493 e. The Kier molecular flexibility index (Phi) is 10.1. The van der Waals surface area contributed by atoms with Crippen molar-refractivity contribution in [1.29, 1.82) is 0 Å². The molecule has 3 aromatic rings. The van der Waals surface area contributed by atoms with E-state index < -0.39 is 0 Å². The summed E-state index contributed by atoms with van der Waals surface area (Å²) in [5.74, 6) is 2.83. The van der Waals surface area contributed by atoms with Crippen LogP contribution in [0, 0.1) is 0 Å². The number of anilines is 1. The van der Waals surface area contributed by atoms with Crippen LogP contribution in [-0.4, -0.2) is 74.3 Å². The highest BCUT2D eigenvalue weighted by Crippen LogP contribution is 2.28. The second kappa shape index (κ2) is 13.7. The van der Waals surface area contributed by atoms with Crippen molar-refractivity contribution in [3.05, 3.63) is 70.4 Å². The number of hydrogen-bond acceptors (Lipinski definition) is 8. The number of piperazine rings is 1. The van der Waals surface area contributed by atoms with E-state index >= 15 is 0 Å². The lowest BCUT2D eigenvalue weighted by molar-refractivity contribution is 0.0954. The molecule has 1 N–H and O–H groups in total. The quantitative estimate of drug-likeness (QED) is 0.210. The third-order valence-electron chi connectivity index (χ3n) is 6.54. The minimum absolute atomic E-state index is 0.101. The predicted octanol–water partition coefficient (Wildman–Crippen LogP) is 4.55. The number of thioether (sulfide) groups is 1. The van der Waals surface area contributed by atoms with Crippen LogP contribution in [0.4, 0.5) is 5.82 Å². The van der Waals surface area contributed by atoms with Crippen LogP contribution in [0.25, 0.3) is 0 Å². The standard InChI is InChI=1S/C28H34ClN5O3S/c1-4-33-13-15-34(16-14-33)26-18-25(29)31-28(32-26)38-19-21-5-8-22(9-6-21)27(35)30-12-11-20-7-10-23(36-2)24(17-20)37-3/h5-10,17-18H,4,11-16,19H2,1-3H3,(H,30,35). The Balaban J connectivity index is 1.27. The van der Waals surface area contributed by atoms with Crippen LogP contribution in [0.1, 0.15) is 28.4 Å². The maximum atomic E-state index is 12.6. The summed E-state index contributed by atoms with van der Waals surface area (Å²) in [6, 6.07) is 15.2. The molecule has 4 rings (SSSR count). The first-order valence-electron chi connectivity index (χ1n) is 12.7. The maximum Gasteiger partial charge on any atom is 0.251 e. The summed E-state index contributed by atoms with van der Waals surface area (Å²) in [6.07, 6.45) is 0.691. The fraction of sp³-hybridized carbons (Fsp3) is 0.393. The maximum absolute atomic E-state index is 12.6. The number of methoxy groups -OCH3 is 2. The highest BCUT2D eigenvalue weighted by atomic mass is 35.5. The molecule has 1 fully saturated rings. The molecule has 1 aromatic heterocycles. The molecule has 0 spiro atoms. The highest BCUT2D eigenvalue weighted by molar-refractivity contribution is 7.98. The number of hydrogen-bond donors (Lipinski definition) is 1. The van der Waals surface area contributed by atoms with E-state index in [4.69, 9.17) is 26.1 Å². The number of halogens is 1. The summed E-state index contributed by atoms with van der Waals surface area (Å²) in [7, 11) is 3.22. The molecule has 202 valence electrons. The van der Waals surface area contributed by atoms with E-state index in [2.05, 4.69) is 27.0 Å². The Labute approximate surface area is 233 Å². The van der Waals surface area contributed by atoms with Crippen molar-refractivity contribution in [1.82, 2.24) is 20.2 Å². The lowest BCUT2D eigenvalue weighted by atomic mass is 10.1. The SMILES string of the molecule is CCN1CCN(c2cc(Cl)nc(SCc3ccc(C(=O)NCCc4ccc(OC)c(OC)c4)cc3)n2)CC1. The number of carbonyl (C=O) groups excluding carboxylic acids is 1. The van der Waals surface area contributed by atoms with Gasteiger partial charge in [0.15, 0.2) is 16.7 Å². The van der Waals surface area contributed by atoms with Gasteiger partial charge in [0.05, 0.1) is 14.2 Å². The molecule has 2 heterocycles. The molecule has 1 aliphatic rings. The molecule has 1 saturated heterocycles. The van der Waals surface area contributed by atoms with Crippen LogP contribution in [0.3, 0.4) is 0 Å². The van der Waals surface area contributed by atoms with E-state index in [1.54, 1.807) is 14.2 Å². The van der Waals surface area contributed by atoms with Crippen LogP contribution in [0.5, 0.6) is 11.5 Å². The Bertz CT molecular complexity index is 1220. The van der Waals surface area contributed by atoms with Crippen molar-refractivity contribution in [2.45, 2.75) is 24.3 Å². The molecule has 38 heavy (non-hydrogen) atoms. The molecular formula is C28H34ClN5O3S. The summed E-state index contributed by atoms with van der Waals surface area (Å²) in [5.41, 5.74) is 2.77. The molecule has 0 radical (unpaired) electrons. The molecule has 0 saturated carbocycles. The first-order valence-corrected chi connectivity index (χ1v) is 14.1. The fourth-order valence-electron chi connectivity index (χ4n) is 4.26. The van der Waals surface area contributed by atoms with Crippen molar-refractivity contribution in [3.8, 4) is 11.5 Å². The summed E-state index contributed by atoms with van der Waals surface area (Å²) >= 11 is 7.85. The number of rotatable bonds is 11. The van der Waals surface area contributed by atoms with Crippen molar-refractivity contribution in [2.24, 2.45) is 0 Å². The number of carbonyl (C=O) groups is 1. The number of ether oxygens (including phenoxy) is 2. The first kappa shape index (κ1) is 28.0. The van der Waals surface area contributed by atoms with Gasteiger partial charge in [-0.05, 0) is 48.4 Å². The van der Waals surface area contributed by atoms with Gasteiger partial charge in [-0.2, -0.15) is 0 Å². The second-order valence-electron chi connectivity index (χ2n) is 8.93. The van der Waals surface area contributed by atoms with Gasteiger partial charge in [-0.3, -0.25) is 4.79 Å². The van der Waals surface area contributed by atoms with Gasteiger partial charge in [0.2, 0.25) is 0 Å². The molecule has 0 atom stereocenters. The number of aromatic nitrogens is 2. The topological polar surface area (TPSA) is 79.8 Å². The van der Waals surface area contributed by atoms with Crippen molar-refractivity contribution in [3.63, 3.8) is 0 Å². The Hall–Kier alpha value is -3.01. The van der Waals surface area contributed by atoms with E-state index in [0.717, 1.165) is 49.7 Å². The van der Waals surface area contributed by atoms with E-state index in [1.165, 1.54) is 11.8 Å². The van der Waals surface area contributed by atoms with Gasteiger partial charge in [0, 0.05) is 50.1 Å². The van der Waals surface area contributed by atoms with Gasteiger partial charge in [-0.25, -0.2) is 9.97 Å². The largest absolute Gasteiger partial charge is 0.493 e. The molecule has 1 aliphatic heterocycles. The smallest absolute Gasteiger partial charge is 0.251 e. The van der Waals surface area contributed by atoms with E-state index in [-0.39, 0.29) is 5.91 Å². The summed E-state index contributed by atoms with van der Waals surface area (Å²) in [6.45, 7) is 7.69. The number of amides is 1. The third kappa shape index (κ3) is 7.52. The fourth-order valence-corrected chi connectivity index (χ4v) is 5.30. The molecular weight excluding hydrogens is 522 g/mol. The predicted molar refractivity (Wildman–Crippen MR) is 153 cm³/mol. The molecule has 2 aromatic carbocycles. The van der Waals surface area contributed by atoms with E-state index in [1.807, 2.05) is 48.5 Å². The molecule has 0 unspecified atom stereocenters. The lowest BCUT2D eigenvalue weighted by Crippen LogP contribution is -2.46. The average molecular weight is 556 g/mol. The van der Waals surface area contributed by atoms with Crippen molar-refractivity contribution >= 4 is 35.1 Å². The van der Waals surface area contributed by atoms with Crippen molar-refractivity contribution in [2.75, 3.05) is 58.4 Å². The van der Waals surface area contributed by atoms with E-state index in [0.29, 0.717) is 46.1 Å². The van der Waals surface area contributed by atoms with Gasteiger partial charge in [0.1, 0.15) is 11.0 Å². The van der Waals surface area contributed by atoms with Crippen LogP contribution in [0.15, 0.2) is 53.7 Å². The minimum atomic E-state index is -0.101. The van der Waals surface area contributed by atoms with Gasteiger partial charge in [-0.15, -0.1) is 0 Å². The lowest BCUT2D eigenvalue weighted by Gasteiger charge is -2.34. The first-order chi connectivity index (χ1) is 18.5. The van der Waals surface area contributed by atoms with Crippen LogP contribution in [0.2, 0.25) is 5.15 Å². The van der Waals surface area contributed by atoms with Crippen molar-refractivity contribution < 1.29 is 14.3 Å². The van der Waals surface area contributed by atoms with Crippen LogP contribution in [-0.2, 0) is 12.2 Å². The van der Waals surface area contributed by atoms with E-state index in [9.17, 15) is 4.79 Å². The van der Waals surface area contributed by atoms with Crippen LogP contribution < -0.4 is 19.7 Å². The van der Waals surface area contributed by atoms with Gasteiger partial charge in [0.25, 0.3) is 5.91 Å². The number of nitrogens with zero attached hydrogens (tertiary/aromatic N) is 4. The number of likely N-dealkylation sites (N-methyl/N-ethyl adjacent to an activating group) is 1. The highest BCUT2D eigenvalue weighted by Gasteiger charge is 2.18. The summed E-state index contributed by atoms with van der Waals surface area (Å²) in [5, 5.41) is 4.09. The summed E-state index contributed by atoms with van der Waals surface area (Å²) < 4.78 is 10.6. The number of nitrogens with one attached hydrogen (secondary N) is 1. The van der Waals surface area contributed by atoms with Crippen LogP contribution >= 0.6 is 23.4 Å². The van der Waals surface area contributed by atoms with Gasteiger partial charge >= 0.3 is 0 Å². The average Bonchev–Trinajstić information content (AvgIpc) is 2.96. The van der Waals surface area contributed by atoms with Gasteiger partial charge in [-0.1, -0.05) is 48.5 Å². The monoisotopic (exact) mass is 555 g/mol. The normalized spacial score (nSPS) is 13.8. The second-order valence-corrected chi connectivity index (χ2v) is 10.3. The Morgan fingerprint density at radius 1 is 0.974 bits per heavy atom. The zero-order valence-electron chi connectivity index (χ0n) is 22.1. The van der Waals surface area contributed by atoms with Gasteiger partial charge < -0.3 is 24.6 Å². The zero-order valence-corrected chi connectivity index (χ0v) is 23.6. The third-order valence-corrected chi connectivity index (χ3v) is 7.65. The molecule has 8 nitrogen and oxygen atoms in total. The zero-order chi connectivity index (χ0) is 26.9. The molecule has 0 bridgehead atoms. The molecule has 0 aliphatic carbocycles. The summed E-state index contributed by atoms with van der Waals surface area (Å²) in [4.78, 5) is 26.4. The number of benzene rings is 2. The Morgan fingerprint density at radius 3 is 2.37 bits per heavy atom. The molecule has 1 amide bonds.